The average molecular weight is 433 g/mol. The van der Waals surface area contributed by atoms with Crippen molar-refractivity contribution in [1.82, 2.24) is 4.98 Å². The quantitative estimate of drug-likeness (QED) is 0.160. The van der Waals surface area contributed by atoms with Crippen molar-refractivity contribution in [3.05, 3.63) is 108 Å². The number of hydrogen-bond donors (Lipinski definition) is 0. The number of nitrogens with zero attached hydrogens (tertiary/aromatic N) is 1. The first kappa shape index (κ1) is 21.1. The monoisotopic (exact) mass is 433 g/mol. The molecule has 1 aromatic heterocycles. The summed E-state index contributed by atoms with van der Waals surface area (Å²) in [4.78, 5) is 4.27. The molecule has 0 unspecified atom stereocenters. The van der Waals surface area contributed by atoms with Crippen LogP contribution in [0.2, 0.25) is 0 Å². The van der Waals surface area contributed by atoms with Gasteiger partial charge < -0.3 is 4.74 Å². The molecule has 0 bridgehead atoms. The lowest BCUT2D eigenvalue weighted by Crippen LogP contribution is -1.94. The summed E-state index contributed by atoms with van der Waals surface area (Å²) in [6.45, 7) is 3.94. The standard InChI is InChI=1S/C26H15F4NO/c1-2-11-32-20-8-10-24(31-15-20)18-7-6-17(22(27)13-18)5-3-16-4-9-21-19(12-16)14-23(28)26(30)25(21)29/h2,4,6-10,12-15H,1,11H2. The molecule has 6 heteroatoms. The number of benzene rings is 3. The Morgan fingerprint density at radius 3 is 2.44 bits per heavy atom. The molecule has 0 aliphatic carbocycles. The Kier molecular flexibility index (Phi) is 5.91. The number of aromatic nitrogens is 1. The smallest absolute Gasteiger partial charge is 0.195 e. The minimum atomic E-state index is -1.52. The van der Waals surface area contributed by atoms with E-state index in [4.69, 9.17) is 4.74 Å². The highest BCUT2D eigenvalue weighted by molar-refractivity contribution is 5.84. The van der Waals surface area contributed by atoms with Crippen LogP contribution in [0, 0.1) is 35.1 Å². The van der Waals surface area contributed by atoms with Crippen LogP contribution in [-0.4, -0.2) is 11.6 Å². The first-order valence-electron chi connectivity index (χ1n) is 9.55. The SMILES string of the molecule is C=CCOc1ccc(-c2ccc(C#Cc3ccc4c(F)c(F)c(F)cc4c3)c(F)c2)nc1. The number of rotatable bonds is 4. The average Bonchev–Trinajstić information content (AvgIpc) is 2.80. The second-order valence-corrected chi connectivity index (χ2v) is 6.85. The second-order valence-electron chi connectivity index (χ2n) is 6.85. The van der Waals surface area contributed by atoms with Gasteiger partial charge in [-0.05, 0) is 47.9 Å². The molecule has 0 saturated carbocycles. The van der Waals surface area contributed by atoms with E-state index in [9.17, 15) is 17.6 Å². The van der Waals surface area contributed by atoms with Gasteiger partial charge >= 0.3 is 0 Å². The van der Waals surface area contributed by atoms with Crippen LogP contribution in [0.1, 0.15) is 11.1 Å². The molecule has 0 N–H and O–H groups in total. The van der Waals surface area contributed by atoms with Crippen molar-refractivity contribution in [1.29, 1.82) is 0 Å². The third-order valence-electron chi connectivity index (χ3n) is 4.68. The number of ether oxygens (including phenoxy) is 1. The Morgan fingerprint density at radius 2 is 1.72 bits per heavy atom. The minimum absolute atomic E-state index is 0.0570. The maximum Gasteiger partial charge on any atom is 0.195 e. The third-order valence-corrected chi connectivity index (χ3v) is 4.68. The van der Waals surface area contributed by atoms with Crippen LogP contribution >= 0.6 is 0 Å². The molecule has 1 heterocycles. The second kappa shape index (κ2) is 8.94. The molecule has 3 aromatic carbocycles. The molecule has 0 aliphatic heterocycles. The van der Waals surface area contributed by atoms with Gasteiger partial charge in [-0.2, -0.15) is 0 Å². The van der Waals surface area contributed by atoms with Gasteiger partial charge in [-0.25, -0.2) is 17.6 Å². The molecule has 4 rings (SSSR count). The maximum absolute atomic E-state index is 14.6. The zero-order valence-corrected chi connectivity index (χ0v) is 16.6. The maximum atomic E-state index is 14.6. The fourth-order valence-corrected chi connectivity index (χ4v) is 3.09. The van der Waals surface area contributed by atoms with Crippen LogP contribution in [0.25, 0.3) is 22.0 Å². The summed E-state index contributed by atoms with van der Waals surface area (Å²) in [6.07, 6.45) is 3.17. The Balaban J connectivity index is 1.59. The zero-order valence-electron chi connectivity index (χ0n) is 16.6. The van der Waals surface area contributed by atoms with Gasteiger partial charge in [0.1, 0.15) is 18.2 Å². The van der Waals surface area contributed by atoms with E-state index in [0.717, 1.165) is 6.07 Å². The van der Waals surface area contributed by atoms with Gasteiger partial charge in [-0.1, -0.05) is 36.6 Å². The lowest BCUT2D eigenvalue weighted by atomic mass is 10.0. The van der Waals surface area contributed by atoms with E-state index in [1.807, 2.05) is 0 Å². The molecular formula is C26H15F4NO. The number of hydrogen-bond acceptors (Lipinski definition) is 2. The summed E-state index contributed by atoms with van der Waals surface area (Å²) in [6, 6.07) is 13.1. The third kappa shape index (κ3) is 4.33. The van der Waals surface area contributed by atoms with Gasteiger partial charge in [0.15, 0.2) is 17.5 Å². The highest BCUT2D eigenvalue weighted by atomic mass is 19.2. The largest absolute Gasteiger partial charge is 0.488 e. The van der Waals surface area contributed by atoms with Gasteiger partial charge in [0.25, 0.3) is 0 Å². The summed E-state index contributed by atoms with van der Waals surface area (Å²) < 4.78 is 60.6. The molecule has 0 amide bonds. The lowest BCUT2D eigenvalue weighted by molar-refractivity contribution is 0.362. The van der Waals surface area contributed by atoms with E-state index in [2.05, 4.69) is 23.4 Å². The fraction of sp³-hybridized carbons (Fsp3) is 0.0385. The molecule has 2 nitrogen and oxygen atoms in total. The van der Waals surface area contributed by atoms with Crippen molar-refractivity contribution in [2.24, 2.45) is 0 Å². The first-order valence-corrected chi connectivity index (χ1v) is 9.55. The molecule has 0 aliphatic rings. The van der Waals surface area contributed by atoms with E-state index >= 15 is 0 Å². The predicted octanol–water partition coefficient (Wildman–Crippen LogP) is 6.42. The van der Waals surface area contributed by atoms with Crippen molar-refractivity contribution in [2.75, 3.05) is 6.61 Å². The van der Waals surface area contributed by atoms with Gasteiger partial charge in [-0.15, -0.1) is 0 Å². The number of pyridine rings is 1. The number of fused-ring (bicyclic) bond motifs is 1. The van der Waals surface area contributed by atoms with Crippen molar-refractivity contribution < 1.29 is 22.3 Å². The molecular weight excluding hydrogens is 418 g/mol. The molecule has 0 radical (unpaired) electrons. The molecule has 0 fully saturated rings. The summed E-state index contributed by atoms with van der Waals surface area (Å²) in [5.74, 6) is 1.46. The van der Waals surface area contributed by atoms with Crippen LogP contribution in [0.15, 0.2) is 73.4 Å². The Bertz CT molecular complexity index is 1390. The molecule has 4 aromatic rings. The van der Waals surface area contributed by atoms with Crippen molar-refractivity contribution in [2.45, 2.75) is 0 Å². The van der Waals surface area contributed by atoms with Gasteiger partial charge in [0.05, 0.1) is 17.5 Å². The minimum Gasteiger partial charge on any atom is -0.488 e. The van der Waals surface area contributed by atoms with Gasteiger partial charge in [0, 0.05) is 16.5 Å². The van der Waals surface area contributed by atoms with Crippen LogP contribution in [0.4, 0.5) is 17.6 Å². The van der Waals surface area contributed by atoms with E-state index in [1.165, 1.54) is 30.3 Å². The van der Waals surface area contributed by atoms with Crippen LogP contribution < -0.4 is 4.74 Å². The van der Waals surface area contributed by atoms with Crippen LogP contribution in [0.5, 0.6) is 5.75 Å². The van der Waals surface area contributed by atoms with E-state index in [-0.39, 0.29) is 16.3 Å². The van der Waals surface area contributed by atoms with Gasteiger partial charge in [0.2, 0.25) is 0 Å². The summed E-state index contributed by atoms with van der Waals surface area (Å²) >= 11 is 0. The molecule has 158 valence electrons. The summed E-state index contributed by atoms with van der Waals surface area (Å²) in [5.41, 5.74) is 1.70. The Labute approximate surface area is 181 Å². The normalized spacial score (nSPS) is 10.5. The van der Waals surface area contributed by atoms with Crippen molar-refractivity contribution >= 4 is 10.8 Å². The number of halogens is 4. The Hall–Kier alpha value is -4.11. The van der Waals surface area contributed by atoms with Crippen LogP contribution in [-0.2, 0) is 0 Å². The van der Waals surface area contributed by atoms with Gasteiger partial charge in [-0.3, -0.25) is 4.98 Å². The highest BCUT2D eigenvalue weighted by Gasteiger charge is 2.13. The van der Waals surface area contributed by atoms with E-state index < -0.39 is 23.3 Å². The van der Waals surface area contributed by atoms with Crippen molar-refractivity contribution in [3.8, 4) is 28.8 Å². The van der Waals surface area contributed by atoms with E-state index in [1.54, 1.807) is 30.5 Å². The molecule has 0 saturated heterocycles. The van der Waals surface area contributed by atoms with Crippen LogP contribution in [0.3, 0.4) is 0 Å². The Morgan fingerprint density at radius 1 is 0.875 bits per heavy atom. The lowest BCUT2D eigenvalue weighted by Gasteiger charge is -2.05. The summed E-state index contributed by atoms with van der Waals surface area (Å²) in [5, 5.41) is 0.106. The molecule has 32 heavy (non-hydrogen) atoms. The topological polar surface area (TPSA) is 22.1 Å². The fourth-order valence-electron chi connectivity index (χ4n) is 3.09. The van der Waals surface area contributed by atoms with E-state index in [0.29, 0.717) is 29.2 Å². The predicted molar refractivity (Wildman–Crippen MR) is 115 cm³/mol. The first-order chi connectivity index (χ1) is 15.5. The molecule has 0 atom stereocenters. The van der Waals surface area contributed by atoms with Crippen molar-refractivity contribution in [3.63, 3.8) is 0 Å². The molecule has 0 spiro atoms. The highest BCUT2D eigenvalue weighted by Crippen LogP contribution is 2.24. The zero-order chi connectivity index (χ0) is 22.7. The summed E-state index contributed by atoms with van der Waals surface area (Å²) in [7, 11) is 0.